The summed E-state index contributed by atoms with van der Waals surface area (Å²) in [5, 5.41) is 4.26. The van der Waals surface area contributed by atoms with Crippen molar-refractivity contribution in [3.8, 4) is 0 Å². The first kappa shape index (κ1) is 9.10. The molecular weight excluding hydrogens is 150 g/mol. The third-order valence-electron chi connectivity index (χ3n) is 2.01. The van der Waals surface area contributed by atoms with E-state index in [1.54, 1.807) is 4.68 Å². The van der Waals surface area contributed by atoms with Gasteiger partial charge < -0.3 is 5.73 Å². The Morgan fingerprint density at radius 3 is 2.42 bits per heavy atom. The van der Waals surface area contributed by atoms with Gasteiger partial charge in [-0.2, -0.15) is 5.10 Å². The number of nitrogens with zero attached hydrogens (tertiary/aromatic N) is 2. The quantitative estimate of drug-likeness (QED) is 0.725. The highest BCUT2D eigenvalue weighted by molar-refractivity contribution is 5.43. The van der Waals surface area contributed by atoms with Crippen LogP contribution in [0, 0.1) is 12.8 Å². The molecule has 0 radical (unpaired) electrons. The van der Waals surface area contributed by atoms with Crippen LogP contribution in [0.15, 0.2) is 0 Å². The summed E-state index contributed by atoms with van der Waals surface area (Å²) in [7, 11) is 1.88. The predicted molar refractivity (Wildman–Crippen MR) is 50.9 cm³/mol. The van der Waals surface area contributed by atoms with Gasteiger partial charge in [-0.15, -0.1) is 0 Å². The van der Waals surface area contributed by atoms with Crippen molar-refractivity contribution in [1.82, 2.24) is 9.78 Å². The standard InChI is InChI=1S/C9H17N3/c1-6(2)5-8-7(3)11-12(4)9(8)10/h6H,5,10H2,1-4H3. The largest absolute Gasteiger partial charge is 0.384 e. The predicted octanol–water partition coefficient (Wildman–Crippen LogP) is 1.51. The SMILES string of the molecule is Cc1nn(C)c(N)c1CC(C)C. The van der Waals surface area contributed by atoms with Crippen LogP contribution in [0.5, 0.6) is 0 Å². The molecule has 2 N–H and O–H groups in total. The maximum Gasteiger partial charge on any atom is 0.124 e. The van der Waals surface area contributed by atoms with Gasteiger partial charge in [-0.25, -0.2) is 0 Å². The Bertz CT molecular complexity index is 274. The average Bonchev–Trinajstić information content (AvgIpc) is 2.16. The molecule has 12 heavy (non-hydrogen) atoms. The molecule has 0 aromatic carbocycles. The van der Waals surface area contributed by atoms with Gasteiger partial charge in [-0.3, -0.25) is 4.68 Å². The minimum atomic E-state index is 0.634. The minimum Gasteiger partial charge on any atom is -0.384 e. The van der Waals surface area contributed by atoms with Crippen molar-refractivity contribution in [2.24, 2.45) is 13.0 Å². The van der Waals surface area contributed by atoms with E-state index in [4.69, 9.17) is 5.73 Å². The molecule has 0 amide bonds. The lowest BCUT2D eigenvalue weighted by Crippen LogP contribution is -2.01. The first-order valence-electron chi connectivity index (χ1n) is 4.30. The molecule has 3 heteroatoms. The van der Waals surface area contributed by atoms with E-state index in [2.05, 4.69) is 18.9 Å². The zero-order valence-corrected chi connectivity index (χ0v) is 8.26. The van der Waals surface area contributed by atoms with Crippen molar-refractivity contribution in [1.29, 1.82) is 0 Å². The van der Waals surface area contributed by atoms with E-state index in [1.165, 1.54) is 5.56 Å². The summed E-state index contributed by atoms with van der Waals surface area (Å²) in [6, 6.07) is 0. The van der Waals surface area contributed by atoms with Crippen LogP contribution in [-0.2, 0) is 13.5 Å². The first-order chi connectivity index (χ1) is 5.52. The molecule has 0 unspecified atom stereocenters. The van der Waals surface area contributed by atoms with E-state index in [0.29, 0.717) is 5.92 Å². The highest BCUT2D eigenvalue weighted by Crippen LogP contribution is 2.18. The van der Waals surface area contributed by atoms with Crippen LogP contribution in [0.1, 0.15) is 25.1 Å². The maximum absolute atomic E-state index is 5.85. The van der Waals surface area contributed by atoms with E-state index in [9.17, 15) is 0 Å². The van der Waals surface area contributed by atoms with E-state index in [0.717, 1.165) is 17.9 Å². The number of aryl methyl sites for hydroxylation is 2. The zero-order chi connectivity index (χ0) is 9.30. The van der Waals surface area contributed by atoms with Crippen molar-refractivity contribution in [3.05, 3.63) is 11.3 Å². The Labute approximate surface area is 73.6 Å². The molecule has 0 spiro atoms. The summed E-state index contributed by atoms with van der Waals surface area (Å²) in [4.78, 5) is 0. The molecule has 1 aromatic rings. The van der Waals surface area contributed by atoms with Crippen LogP contribution in [0.25, 0.3) is 0 Å². The molecule has 0 bridgehead atoms. The van der Waals surface area contributed by atoms with Gasteiger partial charge in [0.1, 0.15) is 5.82 Å². The van der Waals surface area contributed by atoms with E-state index >= 15 is 0 Å². The Hall–Kier alpha value is -0.990. The van der Waals surface area contributed by atoms with Gasteiger partial charge in [-0.05, 0) is 19.3 Å². The smallest absolute Gasteiger partial charge is 0.124 e. The molecular formula is C9H17N3. The number of aromatic nitrogens is 2. The van der Waals surface area contributed by atoms with Gasteiger partial charge in [0.25, 0.3) is 0 Å². The fraction of sp³-hybridized carbons (Fsp3) is 0.667. The van der Waals surface area contributed by atoms with Crippen LogP contribution in [0.2, 0.25) is 0 Å². The van der Waals surface area contributed by atoms with Crippen molar-refractivity contribution < 1.29 is 0 Å². The molecule has 0 saturated heterocycles. The summed E-state index contributed by atoms with van der Waals surface area (Å²) in [6.07, 6.45) is 1.02. The maximum atomic E-state index is 5.85. The molecule has 1 aromatic heterocycles. The van der Waals surface area contributed by atoms with E-state index in [1.807, 2.05) is 14.0 Å². The van der Waals surface area contributed by atoms with Crippen LogP contribution in [0.4, 0.5) is 5.82 Å². The number of nitrogens with two attached hydrogens (primary N) is 1. The van der Waals surface area contributed by atoms with Gasteiger partial charge in [-0.1, -0.05) is 13.8 Å². The molecule has 0 saturated carbocycles. The normalized spacial score (nSPS) is 11.1. The highest BCUT2D eigenvalue weighted by atomic mass is 15.3. The fourth-order valence-corrected chi connectivity index (χ4v) is 1.38. The highest BCUT2D eigenvalue weighted by Gasteiger charge is 2.10. The lowest BCUT2D eigenvalue weighted by atomic mass is 10.0. The van der Waals surface area contributed by atoms with Crippen molar-refractivity contribution in [2.45, 2.75) is 27.2 Å². The van der Waals surface area contributed by atoms with E-state index < -0.39 is 0 Å². The number of rotatable bonds is 2. The Balaban J connectivity index is 2.97. The van der Waals surface area contributed by atoms with Crippen LogP contribution >= 0.6 is 0 Å². The fourth-order valence-electron chi connectivity index (χ4n) is 1.38. The van der Waals surface area contributed by atoms with Gasteiger partial charge in [0.05, 0.1) is 5.69 Å². The van der Waals surface area contributed by atoms with E-state index in [-0.39, 0.29) is 0 Å². The number of hydrogen-bond donors (Lipinski definition) is 1. The molecule has 0 atom stereocenters. The van der Waals surface area contributed by atoms with Crippen LogP contribution in [-0.4, -0.2) is 9.78 Å². The van der Waals surface area contributed by atoms with Gasteiger partial charge in [0.15, 0.2) is 0 Å². The summed E-state index contributed by atoms with van der Waals surface area (Å²) >= 11 is 0. The van der Waals surface area contributed by atoms with Crippen LogP contribution < -0.4 is 5.73 Å². The van der Waals surface area contributed by atoms with Gasteiger partial charge in [0, 0.05) is 12.6 Å². The topological polar surface area (TPSA) is 43.8 Å². The molecule has 0 aliphatic heterocycles. The Morgan fingerprint density at radius 2 is 2.08 bits per heavy atom. The minimum absolute atomic E-state index is 0.634. The molecule has 0 aliphatic rings. The molecule has 1 rings (SSSR count). The van der Waals surface area contributed by atoms with Crippen molar-refractivity contribution >= 4 is 5.82 Å². The third-order valence-corrected chi connectivity index (χ3v) is 2.01. The van der Waals surface area contributed by atoms with Crippen LogP contribution in [0.3, 0.4) is 0 Å². The molecule has 0 fully saturated rings. The second kappa shape index (κ2) is 3.17. The second-order valence-electron chi connectivity index (χ2n) is 3.67. The molecule has 68 valence electrons. The monoisotopic (exact) mass is 167 g/mol. The summed E-state index contributed by atoms with van der Waals surface area (Å²) < 4.78 is 1.74. The second-order valence-corrected chi connectivity index (χ2v) is 3.67. The summed E-state index contributed by atoms with van der Waals surface area (Å²) in [5.41, 5.74) is 8.11. The average molecular weight is 167 g/mol. The van der Waals surface area contributed by atoms with Gasteiger partial charge in [0.2, 0.25) is 0 Å². The zero-order valence-electron chi connectivity index (χ0n) is 8.26. The summed E-state index contributed by atoms with van der Waals surface area (Å²) in [5.74, 6) is 1.44. The summed E-state index contributed by atoms with van der Waals surface area (Å²) in [6.45, 7) is 6.38. The number of hydrogen-bond acceptors (Lipinski definition) is 2. The van der Waals surface area contributed by atoms with Crippen molar-refractivity contribution in [3.63, 3.8) is 0 Å². The van der Waals surface area contributed by atoms with Gasteiger partial charge >= 0.3 is 0 Å². The molecule has 3 nitrogen and oxygen atoms in total. The Morgan fingerprint density at radius 1 is 1.50 bits per heavy atom. The van der Waals surface area contributed by atoms with Crippen molar-refractivity contribution in [2.75, 3.05) is 5.73 Å². The number of nitrogen functional groups attached to an aromatic ring is 1. The third kappa shape index (κ3) is 1.60. The first-order valence-corrected chi connectivity index (χ1v) is 4.30. The lowest BCUT2D eigenvalue weighted by molar-refractivity contribution is 0.646. The number of anilines is 1. The molecule has 1 heterocycles. The Kier molecular flexibility index (Phi) is 2.40. The molecule has 0 aliphatic carbocycles. The lowest BCUT2D eigenvalue weighted by Gasteiger charge is -2.04.